The number of nitrogens with zero attached hydrogens (tertiary/aromatic N) is 2. The predicted octanol–water partition coefficient (Wildman–Crippen LogP) is 2.02. The molecular weight excluding hydrogens is 279 g/mol. The molecule has 1 aromatic rings. The van der Waals surface area contributed by atoms with Crippen LogP contribution in [0.1, 0.15) is 16.8 Å². The van der Waals surface area contributed by atoms with Crippen molar-refractivity contribution in [1.29, 1.82) is 0 Å². The SMILES string of the molecule is O=C(O)c1cc(Cl)ncc1N1CC(CCl)CC1=O. The van der Waals surface area contributed by atoms with Crippen molar-refractivity contribution in [2.75, 3.05) is 17.3 Å². The minimum atomic E-state index is -1.14. The fraction of sp³-hybridized carbons (Fsp3) is 0.364. The maximum absolute atomic E-state index is 11.8. The monoisotopic (exact) mass is 288 g/mol. The first-order chi connectivity index (χ1) is 8.52. The number of halogens is 2. The van der Waals surface area contributed by atoms with Gasteiger partial charge in [0.25, 0.3) is 0 Å². The summed E-state index contributed by atoms with van der Waals surface area (Å²) < 4.78 is 0. The molecule has 0 aliphatic carbocycles. The highest BCUT2D eigenvalue weighted by molar-refractivity contribution is 6.30. The van der Waals surface area contributed by atoms with E-state index in [0.717, 1.165) is 0 Å². The lowest BCUT2D eigenvalue weighted by Gasteiger charge is -2.18. The third kappa shape index (κ3) is 2.42. The largest absolute Gasteiger partial charge is 0.478 e. The quantitative estimate of drug-likeness (QED) is 0.682. The number of alkyl halides is 1. The summed E-state index contributed by atoms with van der Waals surface area (Å²) in [6.45, 7) is 0.409. The van der Waals surface area contributed by atoms with E-state index in [9.17, 15) is 9.59 Å². The van der Waals surface area contributed by atoms with E-state index >= 15 is 0 Å². The maximum atomic E-state index is 11.8. The Balaban J connectivity index is 2.39. The van der Waals surface area contributed by atoms with Crippen molar-refractivity contribution >= 4 is 40.8 Å². The number of carbonyl (C=O) groups is 2. The lowest BCUT2D eigenvalue weighted by molar-refractivity contribution is -0.117. The Kier molecular flexibility index (Phi) is 3.73. The first kappa shape index (κ1) is 13.1. The molecule has 0 bridgehead atoms. The summed E-state index contributed by atoms with van der Waals surface area (Å²) in [6.07, 6.45) is 1.63. The van der Waals surface area contributed by atoms with Gasteiger partial charge in [0.1, 0.15) is 5.15 Å². The van der Waals surface area contributed by atoms with Gasteiger partial charge in [-0.05, 0) is 12.0 Å². The first-order valence-electron chi connectivity index (χ1n) is 5.28. The highest BCUT2D eigenvalue weighted by Gasteiger charge is 2.32. The molecule has 7 heteroatoms. The predicted molar refractivity (Wildman–Crippen MR) is 67.4 cm³/mol. The summed E-state index contributed by atoms with van der Waals surface area (Å²) in [6, 6.07) is 1.24. The van der Waals surface area contributed by atoms with Gasteiger partial charge in [-0.25, -0.2) is 9.78 Å². The Hall–Kier alpha value is -1.33. The Morgan fingerprint density at radius 3 is 2.89 bits per heavy atom. The molecule has 1 unspecified atom stereocenters. The van der Waals surface area contributed by atoms with Crippen molar-refractivity contribution < 1.29 is 14.7 Å². The smallest absolute Gasteiger partial charge is 0.337 e. The molecular formula is C11H10Cl2N2O3. The molecule has 18 heavy (non-hydrogen) atoms. The molecule has 0 saturated carbocycles. The van der Waals surface area contributed by atoms with Gasteiger partial charge in [-0.15, -0.1) is 11.6 Å². The summed E-state index contributed by atoms with van der Waals surface area (Å²) >= 11 is 11.4. The Labute approximate surface area is 113 Å². The van der Waals surface area contributed by atoms with Crippen molar-refractivity contribution in [2.24, 2.45) is 5.92 Å². The standard InChI is InChI=1S/C11H10Cl2N2O3/c12-3-6-1-10(16)15(5-6)8-4-14-9(13)2-7(8)11(17)18/h2,4,6H,1,3,5H2,(H,17,18). The van der Waals surface area contributed by atoms with Crippen LogP contribution in [0, 0.1) is 5.92 Å². The van der Waals surface area contributed by atoms with Gasteiger partial charge in [-0.1, -0.05) is 11.6 Å². The number of carbonyl (C=O) groups excluding carboxylic acids is 1. The molecule has 1 saturated heterocycles. The number of hydrogen-bond acceptors (Lipinski definition) is 3. The normalized spacial score (nSPS) is 19.3. The summed E-state index contributed by atoms with van der Waals surface area (Å²) in [7, 11) is 0. The average Bonchev–Trinajstić information content (AvgIpc) is 2.70. The Bertz CT molecular complexity index is 507. The number of pyridine rings is 1. The van der Waals surface area contributed by atoms with Gasteiger partial charge in [-0.3, -0.25) is 4.79 Å². The van der Waals surface area contributed by atoms with Crippen LogP contribution in [0.4, 0.5) is 5.69 Å². The topological polar surface area (TPSA) is 70.5 Å². The fourth-order valence-corrected chi connectivity index (χ4v) is 2.29. The van der Waals surface area contributed by atoms with Crippen LogP contribution in [-0.2, 0) is 4.79 Å². The summed E-state index contributed by atoms with van der Waals surface area (Å²) in [5.41, 5.74) is 0.239. The molecule has 0 aromatic carbocycles. The number of anilines is 1. The van der Waals surface area contributed by atoms with Gasteiger partial charge < -0.3 is 10.0 Å². The van der Waals surface area contributed by atoms with Crippen molar-refractivity contribution in [3.05, 3.63) is 23.0 Å². The highest BCUT2D eigenvalue weighted by Crippen LogP contribution is 2.29. The lowest BCUT2D eigenvalue weighted by atomic mass is 10.1. The van der Waals surface area contributed by atoms with Crippen LogP contribution in [0.25, 0.3) is 0 Å². The lowest BCUT2D eigenvalue weighted by Crippen LogP contribution is -2.27. The van der Waals surface area contributed by atoms with Crippen LogP contribution in [0.15, 0.2) is 12.3 Å². The number of hydrogen-bond donors (Lipinski definition) is 1. The number of aromatic carboxylic acids is 1. The summed E-state index contributed by atoms with van der Waals surface area (Å²) in [5, 5.41) is 9.19. The average molecular weight is 289 g/mol. The highest BCUT2D eigenvalue weighted by atomic mass is 35.5. The zero-order chi connectivity index (χ0) is 13.3. The second-order valence-electron chi connectivity index (χ2n) is 4.06. The van der Waals surface area contributed by atoms with Gasteiger partial charge in [0.05, 0.1) is 17.4 Å². The molecule has 1 atom stereocenters. The molecule has 1 aliphatic heterocycles. The van der Waals surface area contributed by atoms with E-state index in [2.05, 4.69) is 4.98 Å². The first-order valence-corrected chi connectivity index (χ1v) is 6.19. The van der Waals surface area contributed by atoms with E-state index in [0.29, 0.717) is 18.8 Å². The van der Waals surface area contributed by atoms with Crippen molar-refractivity contribution in [1.82, 2.24) is 4.98 Å². The molecule has 0 radical (unpaired) electrons. The minimum Gasteiger partial charge on any atom is -0.478 e. The molecule has 5 nitrogen and oxygen atoms in total. The summed E-state index contributed by atoms with van der Waals surface area (Å²) in [4.78, 5) is 28.2. The van der Waals surface area contributed by atoms with Crippen molar-refractivity contribution in [2.45, 2.75) is 6.42 Å². The third-order valence-corrected chi connectivity index (χ3v) is 3.44. The van der Waals surface area contributed by atoms with Crippen LogP contribution in [0.2, 0.25) is 5.15 Å². The third-order valence-electron chi connectivity index (χ3n) is 2.79. The second-order valence-corrected chi connectivity index (χ2v) is 4.75. The fourth-order valence-electron chi connectivity index (χ4n) is 1.93. The van der Waals surface area contributed by atoms with Gasteiger partial charge >= 0.3 is 5.97 Å². The number of carboxylic acids is 1. The van der Waals surface area contributed by atoms with Crippen molar-refractivity contribution in [3.8, 4) is 0 Å². The van der Waals surface area contributed by atoms with E-state index in [1.165, 1.54) is 17.2 Å². The number of rotatable bonds is 3. The maximum Gasteiger partial charge on any atom is 0.337 e. The molecule has 1 fully saturated rings. The van der Waals surface area contributed by atoms with Crippen LogP contribution in [-0.4, -0.2) is 34.4 Å². The summed E-state index contributed by atoms with van der Waals surface area (Å²) in [5.74, 6) is -0.883. The van der Waals surface area contributed by atoms with Gasteiger partial charge in [0, 0.05) is 18.8 Å². The van der Waals surface area contributed by atoms with E-state index in [-0.39, 0.29) is 28.2 Å². The molecule has 2 heterocycles. The molecule has 1 aromatic heterocycles. The Morgan fingerprint density at radius 2 is 2.33 bits per heavy atom. The van der Waals surface area contributed by atoms with Crippen LogP contribution in [0.5, 0.6) is 0 Å². The van der Waals surface area contributed by atoms with E-state index < -0.39 is 5.97 Å². The molecule has 1 N–H and O–H groups in total. The van der Waals surface area contributed by atoms with E-state index in [4.69, 9.17) is 28.3 Å². The number of aromatic nitrogens is 1. The van der Waals surface area contributed by atoms with E-state index in [1.54, 1.807) is 0 Å². The van der Waals surface area contributed by atoms with Crippen LogP contribution >= 0.6 is 23.2 Å². The van der Waals surface area contributed by atoms with Gasteiger partial charge in [0.2, 0.25) is 5.91 Å². The Morgan fingerprint density at radius 1 is 1.61 bits per heavy atom. The molecule has 2 rings (SSSR count). The van der Waals surface area contributed by atoms with Gasteiger partial charge in [-0.2, -0.15) is 0 Å². The number of carboxylic acid groups (broad SMARTS) is 1. The molecule has 1 aliphatic rings. The van der Waals surface area contributed by atoms with Crippen molar-refractivity contribution in [3.63, 3.8) is 0 Å². The second kappa shape index (κ2) is 5.12. The zero-order valence-electron chi connectivity index (χ0n) is 9.27. The molecule has 96 valence electrons. The van der Waals surface area contributed by atoms with Gasteiger partial charge in [0.15, 0.2) is 0 Å². The zero-order valence-corrected chi connectivity index (χ0v) is 10.8. The van der Waals surface area contributed by atoms with Crippen LogP contribution < -0.4 is 4.90 Å². The molecule has 0 spiro atoms. The van der Waals surface area contributed by atoms with Crippen LogP contribution in [0.3, 0.4) is 0 Å². The van der Waals surface area contributed by atoms with E-state index in [1.807, 2.05) is 0 Å². The number of amides is 1. The molecule has 1 amide bonds. The minimum absolute atomic E-state index is 0.0291.